The molecule has 2 aromatic rings. The van der Waals surface area contributed by atoms with Gasteiger partial charge in [-0.1, -0.05) is 35.9 Å². The normalized spacial score (nSPS) is 18.2. The maximum atomic E-state index is 6.21. The van der Waals surface area contributed by atoms with E-state index in [1.54, 1.807) is 0 Å². The van der Waals surface area contributed by atoms with Crippen LogP contribution in [0.25, 0.3) is 10.8 Å². The van der Waals surface area contributed by atoms with Crippen LogP contribution >= 0.6 is 11.6 Å². The predicted octanol–water partition coefficient (Wildman–Crippen LogP) is 3.50. The molecule has 1 atom stereocenters. The highest BCUT2D eigenvalue weighted by molar-refractivity contribution is 6.35. The average Bonchev–Trinajstić information content (AvgIpc) is 3.03. The van der Waals surface area contributed by atoms with Crippen molar-refractivity contribution in [2.45, 2.75) is 6.42 Å². The Bertz CT molecular complexity index is 596. The lowest BCUT2D eigenvalue weighted by atomic mass is 10.1. The van der Waals surface area contributed by atoms with Crippen LogP contribution in [0, 0.1) is 5.92 Å². The molecule has 1 N–H and O–H groups in total. The Morgan fingerprint density at radius 3 is 2.86 bits per heavy atom. The summed E-state index contributed by atoms with van der Waals surface area (Å²) < 4.78 is 11.2. The monoisotopic (exact) mass is 305 g/mol. The minimum atomic E-state index is 0.652. The summed E-state index contributed by atoms with van der Waals surface area (Å²) in [6.07, 6.45) is 1.16. The Labute approximate surface area is 130 Å². The van der Waals surface area contributed by atoms with Gasteiger partial charge in [-0.25, -0.2) is 0 Å². The Morgan fingerprint density at radius 1 is 1.19 bits per heavy atom. The van der Waals surface area contributed by atoms with Crippen LogP contribution in [0.1, 0.15) is 6.42 Å². The molecule has 0 radical (unpaired) electrons. The van der Waals surface area contributed by atoms with Crippen LogP contribution in [0.5, 0.6) is 5.75 Å². The first-order valence-electron chi connectivity index (χ1n) is 7.43. The van der Waals surface area contributed by atoms with Gasteiger partial charge in [0.25, 0.3) is 0 Å². The maximum Gasteiger partial charge on any atom is 0.127 e. The molecule has 2 aromatic carbocycles. The third kappa shape index (κ3) is 3.67. The molecule has 0 bridgehead atoms. The van der Waals surface area contributed by atoms with E-state index in [-0.39, 0.29) is 0 Å². The van der Waals surface area contributed by atoms with Crippen LogP contribution in [0.4, 0.5) is 0 Å². The summed E-state index contributed by atoms with van der Waals surface area (Å²) in [6, 6.07) is 11.9. The van der Waals surface area contributed by atoms with Gasteiger partial charge in [-0.3, -0.25) is 0 Å². The fourth-order valence-corrected chi connectivity index (χ4v) is 2.87. The van der Waals surface area contributed by atoms with E-state index in [1.165, 1.54) is 0 Å². The van der Waals surface area contributed by atoms with Crippen molar-refractivity contribution in [2.75, 3.05) is 32.9 Å². The van der Waals surface area contributed by atoms with Crippen molar-refractivity contribution >= 4 is 22.4 Å². The summed E-state index contributed by atoms with van der Waals surface area (Å²) in [6.45, 7) is 4.28. The van der Waals surface area contributed by atoms with Crippen LogP contribution in [0.15, 0.2) is 36.4 Å². The highest BCUT2D eigenvalue weighted by Gasteiger charge is 2.14. The van der Waals surface area contributed by atoms with Gasteiger partial charge in [0.05, 0.1) is 6.61 Å². The van der Waals surface area contributed by atoms with Gasteiger partial charge in [0.1, 0.15) is 12.4 Å². The molecule has 0 aromatic heterocycles. The summed E-state index contributed by atoms with van der Waals surface area (Å²) >= 11 is 6.21. The van der Waals surface area contributed by atoms with Crippen molar-refractivity contribution in [3.63, 3.8) is 0 Å². The van der Waals surface area contributed by atoms with Crippen LogP contribution in [-0.4, -0.2) is 32.9 Å². The molecule has 21 heavy (non-hydrogen) atoms. The summed E-state index contributed by atoms with van der Waals surface area (Å²) in [4.78, 5) is 0. The fourth-order valence-electron chi connectivity index (χ4n) is 2.64. The fraction of sp³-hybridized carbons (Fsp3) is 0.412. The molecule has 1 fully saturated rings. The summed E-state index contributed by atoms with van der Waals surface area (Å²) in [7, 11) is 0. The number of benzene rings is 2. The highest BCUT2D eigenvalue weighted by Crippen LogP contribution is 2.31. The SMILES string of the molecule is Clc1ccc(OCCNCC2CCOC2)c2ccccc12. The zero-order valence-corrected chi connectivity index (χ0v) is 12.7. The van der Waals surface area contributed by atoms with Gasteiger partial charge in [-0.05, 0) is 24.5 Å². The first-order chi connectivity index (χ1) is 10.3. The molecular formula is C17H20ClNO2. The first-order valence-corrected chi connectivity index (χ1v) is 7.81. The number of halogens is 1. The number of rotatable bonds is 6. The Hall–Kier alpha value is -1.29. The second kappa shape index (κ2) is 7.12. The third-order valence-corrected chi connectivity index (χ3v) is 4.15. The summed E-state index contributed by atoms with van der Waals surface area (Å²) in [5.41, 5.74) is 0. The Kier molecular flexibility index (Phi) is 4.96. The van der Waals surface area contributed by atoms with Gasteiger partial charge in [-0.2, -0.15) is 0 Å². The topological polar surface area (TPSA) is 30.5 Å². The van der Waals surface area contributed by atoms with E-state index in [0.717, 1.165) is 54.3 Å². The predicted molar refractivity (Wildman–Crippen MR) is 86.2 cm³/mol. The van der Waals surface area contributed by atoms with E-state index in [4.69, 9.17) is 21.1 Å². The second-order valence-electron chi connectivity index (χ2n) is 5.37. The molecule has 112 valence electrons. The molecule has 0 saturated carbocycles. The number of ether oxygens (including phenoxy) is 2. The molecule has 3 rings (SSSR count). The van der Waals surface area contributed by atoms with Crippen LogP contribution < -0.4 is 10.1 Å². The molecule has 0 amide bonds. The number of hydrogen-bond acceptors (Lipinski definition) is 3. The molecule has 0 aliphatic carbocycles. The van der Waals surface area contributed by atoms with Gasteiger partial charge in [0.2, 0.25) is 0 Å². The molecule has 4 heteroatoms. The zero-order valence-electron chi connectivity index (χ0n) is 12.0. The quantitative estimate of drug-likeness (QED) is 0.829. The average molecular weight is 306 g/mol. The van der Waals surface area contributed by atoms with Crippen LogP contribution in [0.2, 0.25) is 5.02 Å². The second-order valence-corrected chi connectivity index (χ2v) is 5.78. The lowest BCUT2D eigenvalue weighted by Gasteiger charge is -2.12. The zero-order chi connectivity index (χ0) is 14.5. The molecule has 1 heterocycles. The van der Waals surface area contributed by atoms with E-state index >= 15 is 0 Å². The molecule has 3 nitrogen and oxygen atoms in total. The largest absolute Gasteiger partial charge is 0.492 e. The molecule has 0 spiro atoms. The van der Waals surface area contributed by atoms with Gasteiger partial charge < -0.3 is 14.8 Å². The molecule has 1 unspecified atom stereocenters. The van der Waals surface area contributed by atoms with Gasteiger partial charge in [0, 0.05) is 35.5 Å². The minimum absolute atomic E-state index is 0.652. The standard InChI is InChI=1S/C17H20ClNO2/c18-16-5-6-17(15-4-2-1-3-14(15)16)21-10-8-19-11-13-7-9-20-12-13/h1-6,13,19H,7-12H2. The van der Waals surface area contributed by atoms with E-state index in [9.17, 15) is 0 Å². The van der Waals surface area contributed by atoms with Crippen molar-refractivity contribution in [3.05, 3.63) is 41.4 Å². The van der Waals surface area contributed by atoms with Crippen molar-refractivity contribution in [3.8, 4) is 5.75 Å². The van der Waals surface area contributed by atoms with E-state index in [1.807, 2.05) is 36.4 Å². The van der Waals surface area contributed by atoms with Gasteiger partial charge in [0.15, 0.2) is 0 Å². The number of fused-ring (bicyclic) bond motifs is 1. The smallest absolute Gasteiger partial charge is 0.127 e. The molecular weight excluding hydrogens is 286 g/mol. The van der Waals surface area contributed by atoms with E-state index in [2.05, 4.69) is 5.32 Å². The van der Waals surface area contributed by atoms with Gasteiger partial charge in [-0.15, -0.1) is 0 Å². The summed E-state index contributed by atoms with van der Waals surface area (Å²) in [5, 5.41) is 6.29. The Balaban J connectivity index is 1.52. The molecule has 1 saturated heterocycles. The maximum absolute atomic E-state index is 6.21. The highest BCUT2D eigenvalue weighted by atomic mass is 35.5. The van der Waals surface area contributed by atoms with E-state index < -0.39 is 0 Å². The summed E-state index contributed by atoms with van der Waals surface area (Å²) in [5.74, 6) is 1.54. The molecule has 1 aliphatic heterocycles. The van der Waals surface area contributed by atoms with Crippen molar-refractivity contribution in [2.24, 2.45) is 5.92 Å². The Morgan fingerprint density at radius 2 is 2.05 bits per heavy atom. The third-order valence-electron chi connectivity index (χ3n) is 3.82. The van der Waals surface area contributed by atoms with Crippen LogP contribution in [0.3, 0.4) is 0 Å². The van der Waals surface area contributed by atoms with E-state index in [0.29, 0.717) is 12.5 Å². The van der Waals surface area contributed by atoms with Crippen molar-refractivity contribution < 1.29 is 9.47 Å². The van der Waals surface area contributed by atoms with Crippen molar-refractivity contribution in [1.82, 2.24) is 5.32 Å². The van der Waals surface area contributed by atoms with Crippen molar-refractivity contribution in [1.29, 1.82) is 0 Å². The number of hydrogen-bond donors (Lipinski definition) is 1. The first kappa shape index (κ1) is 14.6. The lowest BCUT2D eigenvalue weighted by molar-refractivity contribution is 0.185. The minimum Gasteiger partial charge on any atom is -0.492 e. The molecule has 1 aliphatic rings. The lowest BCUT2D eigenvalue weighted by Crippen LogP contribution is -2.27. The number of nitrogens with one attached hydrogen (secondary N) is 1. The van der Waals surface area contributed by atoms with Gasteiger partial charge >= 0.3 is 0 Å². The van der Waals surface area contributed by atoms with Crippen LogP contribution in [-0.2, 0) is 4.74 Å².